The summed E-state index contributed by atoms with van der Waals surface area (Å²) in [5.74, 6) is -3.81. The van der Waals surface area contributed by atoms with Crippen molar-refractivity contribution in [1.29, 1.82) is 0 Å². The van der Waals surface area contributed by atoms with E-state index < -0.39 is 11.9 Å². The predicted octanol–water partition coefficient (Wildman–Crippen LogP) is 3.08. The number of hydrogen-bond donors (Lipinski definition) is 2. The second kappa shape index (κ2) is 11.3. The summed E-state index contributed by atoms with van der Waals surface area (Å²) in [6, 6.07) is 18.2. The van der Waals surface area contributed by atoms with E-state index in [1.165, 1.54) is 24.0 Å². The Kier molecular flexibility index (Phi) is 8.76. The minimum absolute atomic E-state index is 0.157. The molecule has 1 saturated heterocycles. The number of rotatable bonds is 5. The third kappa shape index (κ3) is 8.01. The zero-order valence-corrected chi connectivity index (χ0v) is 16.5. The quantitative estimate of drug-likeness (QED) is 0.748. The zero-order valence-electron chi connectivity index (χ0n) is 16.5. The Morgan fingerprint density at radius 3 is 2.03 bits per heavy atom. The summed E-state index contributed by atoms with van der Waals surface area (Å²) in [5, 5.41) is 14.8. The monoisotopic (exact) mass is 402 g/mol. The fourth-order valence-corrected chi connectivity index (χ4v) is 3.37. The average Bonchev–Trinajstić information content (AvgIpc) is 2.71. The smallest absolute Gasteiger partial charge is 0.414 e. The first-order valence-corrected chi connectivity index (χ1v) is 9.52. The molecule has 0 atom stereocenters. The van der Waals surface area contributed by atoms with Crippen molar-refractivity contribution in [2.24, 2.45) is 0 Å². The van der Waals surface area contributed by atoms with Gasteiger partial charge in [-0.1, -0.05) is 42.5 Å². The van der Waals surface area contributed by atoms with E-state index >= 15 is 0 Å². The summed E-state index contributed by atoms with van der Waals surface area (Å²) < 4.78 is 13.0. The van der Waals surface area contributed by atoms with Gasteiger partial charge in [-0.3, -0.25) is 9.80 Å². The maximum atomic E-state index is 13.0. The van der Waals surface area contributed by atoms with Crippen LogP contribution < -0.4 is 0 Å². The number of benzene rings is 2. The number of nitrogens with zero attached hydrogens (tertiary/aromatic N) is 2. The van der Waals surface area contributed by atoms with Crippen LogP contribution in [0.15, 0.2) is 54.6 Å². The molecule has 2 aromatic carbocycles. The Labute approximate surface area is 170 Å². The number of piperidine rings is 1. The molecular weight excluding hydrogens is 375 g/mol. The van der Waals surface area contributed by atoms with Gasteiger partial charge in [0.1, 0.15) is 5.82 Å². The average molecular weight is 402 g/mol. The van der Waals surface area contributed by atoms with Crippen molar-refractivity contribution < 1.29 is 24.2 Å². The molecule has 29 heavy (non-hydrogen) atoms. The second-order valence-corrected chi connectivity index (χ2v) is 7.14. The highest BCUT2D eigenvalue weighted by atomic mass is 19.1. The van der Waals surface area contributed by atoms with Crippen LogP contribution in [0.4, 0.5) is 4.39 Å². The summed E-state index contributed by atoms with van der Waals surface area (Å²) in [5.41, 5.74) is 2.58. The topological polar surface area (TPSA) is 81.1 Å². The van der Waals surface area contributed by atoms with Crippen LogP contribution in [-0.4, -0.2) is 58.1 Å². The number of hydrogen-bond acceptors (Lipinski definition) is 4. The lowest BCUT2D eigenvalue weighted by molar-refractivity contribution is -0.159. The summed E-state index contributed by atoms with van der Waals surface area (Å²) in [6.07, 6.45) is 2.40. The fraction of sp³-hybridized carbons (Fsp3) is 0.364. The minimum atomic E-state index is -1.82. The summed E-state index contributed by atoms with van der Waals surface area (Å²) >= 11 is 0. The molecule has 0 spiro atoms. The van der Waals surface area contributed by atoms with Crippen LogP contribution >= 0.6 is 0 Å². The molecule has 6 nitrogen and oxygen atoms in total. The van der Waals surface area contributed by atoms with E-state index in [1.54, 1.807) is 12.1 Å². The van der Waals surface area contributed by atoms with Gasteiger partial charge in [-0.25, -0.2) is 14.0 Å². The Morgan fingerprint density at radius 2 is 1.52 bits per heavy atom. The third-order valence-corrected chi connectivity index (χ3v) is 4.96. The molecule has 1 aliphatic heterocycles. The van der Waals surface area contributed by atoms with Crippen LogP contribution in [0, 0.1) is 5.82 Å². The van der Waals surface area contributed by atoms with E-state index in [9.17, 15) is 4.39 Å². The molecule has 0 saturated carbocycles. The van der Waals surface area contributed by atoms with Crippen LogP contribution in [0.3, 0.4) is 0 Å². The number of likely N-dealkylation sites (tertiary alicyclic amines) is 1. The van der Waals surface area contributed by atoms with Crippen molar-refractivity contribution in [1.82, 2.24) is 9.80 Å². The standard InChI is InChI=1S/C20H25FN2.C2H2O4/c1-22(15-17-5-3-2-4-6-17)20-11-13-23(14-12-20)16-18-7-9-19(21)10-8-18;3-1(4)2(5)6/h2-10,20H,11-16H2,1H3;(H,3,4)(H,5,6). The van der Waals surface area contributed by atoms with Crippen molar-refractivity contribution in [3.05, 3.63) is 71.5 Å². The van der Waals surface area contributed by atoms with Crippen molar-refractivity contribution in [2.75, 3.05) is 20.1 Å². The van der Waals surface area contributed by atoms with Gasteiger partial charge in [0, 0.05) is 19.1 Å². The highest BCUT2D eigenvalue weighted by molar-refractivity contribution is 6.27. The number of carbonyl (C=O) groups is 2. The lowest BCUT2D eigenvalue weighted by Gasteiger charge is -2.36. The second-order valence-electron chi connectivity index (χ2n) is 7.14. The maximum absolute atomic E-state index is 13.0. The van der Waals surface area contributed by atoms with E-state index in [-0.39, 0.29) is 5.82 Å². The van der Waals surface area contributed by atoms with Crippen LogP contribution in [-0.2, 0) is 22.7 Å². The van der Waals surface area contributed by atoms with Crippen LogP contribution in [0.2, 0.25) is 0 Å². The molecule has 1 aliphatic rings. The highest BCUT2D eigenvalue weighted by Gasteiger charge is 2.22. The Hall–Kier alpha value is -2.77. The molecule has 7 heteroatoms. The van der Waals surface area contributed by atoms with Crippen LogP contribution in [0.25, 0.3) is 0 Å². The first-order chi connectivity index (χ1) is 13.8. The van der Waals surface area contributed by atoms with Gasteiger partial charge in [0.25, 0.3) is 0 Å². The van der Waals surface area contributed by atoms with E-state index in [0.717, 1.165) is 26.2 Å². The van der Waals surface area contributed by atoms with Gasteiger partial charge in [0.2, 0.25) is 0 Å². The van der Waals surface area contributed by atoms with Crippen molar-refractivity contribution in [2.45, 2.75) is 32.0 Å². The molecule has 2 N–H and O–H groups in total. The van der Waals surface area contributed by atoms with Gasteiger partial charge in [0.15, 0.2) is 0 Å². The van der Waals surface area contributed by atoms with Gasteiger partial charge < -0.3 is 10.2 Å². The molecule has 3 rings (SSSR count). The molecule has 0 bridgehead atoms. The van der Waals surface area contributed by atoms with E-state index in [0.29, 0.717) is 6.04 Å². The number of aliphatic carboxylic acids is 2. The molecule has 0 aliphatic carbocycles. The van der Waals surface area contributed by atoms with Crippen LogP contribution in [0.5, 0.6) is 0 Å². The molecular formula is C22H27FN2O4. The summed E-state index contributed by atoms with van der Waals surface area (Å²) in [4.78, 5) is 23.1. The van der Waals surface area contributed by atoms with Crippen LogP contribution in [0.1, 0.15) is 24.0 Å². The van der Waals surface area contributed by atoms with Gasteiger partial charge >= 0.3 is 11.9 Å². The molecule has 0 unspecified atom stereocenters. The molecule has 1 fully saturated rings. The molecule has 0 amide bonds. The highest BCUT2D eigenvalue weighted by Crippen LogP contribution is 2.19. The maximum Gasteiger partial charge on any atom is 0.414 e. The van der Waals surface area contributed by atoms with Gasteiger partial charge in [-0.15, -0.1) is 0 Å². The summed E-state index contributed by atoms with van der Waals surface area (Å²) in [6.45, 7) is 4.17. The largest absolute Gasteiger partial charge is 0.473 e. The van der Waals surface area contributed by atoms with Crippen molar-refractivity contribution in [3.63, 3.8) is 0 Å². The Morgan fingerprint density at radius 1 is 0.966 bits per heavy atom. The normalized spacial score (nSPS) is 14.9. The van der Waals surface area contributed by atoms with E-state index in [2.05, 4.69) is 47.2 Å². The number of carboxylic acids is 2. The number of carboxylic acid groups (broad SMARTS) is 2. The SMILES string of the molecule is CN(Cc1ccccc1)C1CCN(Cc2ccc(F)cc2)CC1.O=C(O)C(=O)O. The van der Waals surface area contributed by atoms with Crippen molar-refractivity contribution >= 4 is 11.9 Å². The Balaban J connectivity index is 0.000000438. The fourth-order valence-electron chi connectivity index (χ4n) is 3.37. The molecule has 156 valence electrons. The molecule has 1 heterocycles. The van der Waals surface area contributed by atoms with Gasteiger partial charge in [-0.2, -0.15) is 0 Å². The van der Waals surface area contributed by atoms with Gasteiger partial charge in [-0.05, 0) is 56.2 Å². The lowest BCUT2D eigenvalue weighted by Crippen LogP contribution is -2.42. The van der Waals surface area contributed by atoms with E-state index in [1.807, 2.05) is 12.1 Å². The van der Waals surface area contributed by atoms with Gasteiger partial charge in [0.05, 0.1) is 0 Å². The van der Waals surface area contributed by atoms with E-state index in [4.69, 9.17) is 19.8 Å². The van der Waals surface area contributed by atoms with Crippen molar-refractivity contribution in [3.8, 4) is 0 Å². The summed E-state index contributed by atoms with van der Waals surface area (Å²) in [7, 11) is 2.23. The number of halogens is 1. The third-order valence-electron chi connectivity index (χ3n) is 4.96. The minimum Gasteiger partial charge on any atom is -0.473 e. The molecule has 2 aromatic rings. The Bertz CT molecular complexity index is 763. The molecule has 0 radical (unpaired) electrons. The lowest BCUT2D eigenvalue weighted by atomic mass is 10.0. The first kappa shape index (κ1) is 22.5. The molecule has 0 aromatic heterocycles. The first-order valence-electron chi connectivity index (χ1n) is 9.52. The zero-order chi connectivity index (χ0) is 21.2. The predicted molar refractivity (Wildman–Crippen MR) is 108 cm³/mol.